The summed E-state index contributed by atoms with van der Waals surface area (Å²) in [6, 6.07) is 11.1. The number of nitrogens with zero attached hydrogens (tertiary/aromatic N) is 1. The summed E-state index contributed by atoms with van der Waals surface area (Å²) < 4.78 is 28.0. The van der Waals surface area contributed by atoms with Gasteiger partial charge in [-0.3, -0.25) is 9.59 Å². The molecule has 144 valence electrons. The van der Waals surface area contributed by atoms with Crippen LogP contribution in [0.5, 0.6) is 0 Å². The molecule has 27 heavy (non-hydrogen) atoms. The van der Waals surface area contributed by atoms with Gasteiger partial charge in [0, 0.05) is 18.2 Å². The normalized spacial score (nSPS) is 11.9. The van der Waals surface area contributed by atoms with Gasteiger partial charge in [-0.05, 0) is 38.5 Å². The molecular weight excluding hydrogens is 350 g/mol. The molecule has 6 heteroatoms. The van der Waals surface area contributed by atoms with Crippen LogP contribution in [0.2, 0.25) is 0 Å². The number of hydrogen-bond acceptors (Lipinski definition) is 2. The molecule has 0 aliphatic heterocycles. The maximum atomic E-state index is 14.1. The van der Waals surface area contributed by atoms with Gasteiger partial charge in [-0.1, -0.05) is 36.4 Å². The van der Waals surface area contributed by atoms with Gasteiger partial charge < -0.3 is 10.2 Å². The molecule has 0 spiro atoms. The van der Waals surface area contributed by atoms with E-state index in [0.29, 0.717) is 5.56 Å². The van der Waals surface area contributed by atoms with Gasteiger partial charge in [-0.2, -0.15) is 0 Å². The summed E-state index contributed by atoms with van der Waals surface area (Å²) in [7, 11) is 0. The lowest BCUT2D eigenvalue weighted by Gasteiger charge is -2.29. The third-order valence-corrected chi connectivity index (χ3v) is 4.20. The van der Waals surface area contributed by atoms with Gasteiger partial charge in [0.2, 0.25) is 11.8 Å². The Bertz CT molecular complexity index is 808. The molecule has 0 fully saturated rings. The lowest BCUT2D eigenvalue weighted by Crippen LogP contribution is -2.49. The Morgan fingerprint density at radius 1 is 0.926 bits per heavy atom. The minimum atomic E-state index is -0.828. The molecule has 0 saturated carbocycles. The number of carbonyl (C=O) groups is 2. The number of rotatable bonds is 7. The van der Waals surface area contributed by atoms with Gasteiger partial charge in [0.15, 0.2) is 0 Å². The first-order valence-electron chi connectivity index (χ1n) is 8.86. The predicted octanol–water partition coefficient (Wildman–Crippen LogP) is 3.45. The average molecular weight is 374 g/mol. The van der Waals surface area contributed by atoms with Crippen LogP contribution in [0.4, 0.5) is 8.78 Å². The molecule has 2 rings (SSSR count). The van der Waals surface area contributed by atoms with E-state index < -0.39 is 23.6 Å². The molecule has 4 nitrogen and oxygen atoms in total. The maximum Gasteiger partial charge on any atom is 0.242 e. The van der Waals surface area contributed by atoms with Gasteiger partial charge in [0.05, 0.1) is 6.42 Å². The van der Waals surface area contributed by atoms with Crippen LogP contribution in [0.3, 0.4) is 0 Å². The van der Waals surface area contributed by atoms with Crippen LogP contribution in [0.1, 0.15) is 31.9 Å². The molecule has 0 aliphatic carbocycles. The molecule has 2 aromatic carbocycles. The van der Waals surface area contributed by atoms with Crippen molar-refractivity contribution in [3.8, 4) is 0 Å². The highest BCUT2D eigenvalue weighted by Gasteiger charge is 2.27. The number of benzene rings is 2. The number of amides is 2. The fraction of sp³-hybridized carbons (Fsp3) is 0.333. The highest BCUT2D eigenvalue weighted by Crippen LogP contribution is 2.16. The van der Waals surface area contributed by atoms with Crippen molar-refractivity contribution in [2.45, 2.75) is 45.8 Å². The highest BCUT2D eigenvalue weighted by molar-refractivity contribution is 5.88. The zero-order chi connectivity index (χ0) is 20.0. The summed E-state index contributed by atoms with van der Waals surface area (Å²) in [6.45, 7) is 5.13. The first-order chi connectivity index (χ1) is 12.8. The van der Waals surface area contributed by atoms with Crippen molar-refractivity contribution in [2.24, 2.45) is 0 Å². The standard InChI is InChI=1S/C21H24F2N2O2/c1-14(2)24-21(27)15(3)25(13-17-9-5-7-11-19(17)23)20(26)12-16-8-4-6-10-18(16)22/h4-11,14-15H,12-13H2,1-3H3,(H,24,27)/t15-/m0/s1. The molecule has 0 unspecified atom stereocenters. The van der Waals surface area contributed by atoms with E-state index in [1.165, 1.54) is 23.1 Å². The number of hydrogen-bond donors (Lipinski definition) is 1. The number of halogens is 2. The van der Waals surface area contributed by atoms with E-state index in [1.807, 2.05) is 13.8 Å². The van der Waals surface area contributed by atoms with Gasteiger partial charge in [0.1, 0.15) is 17.7 Å². The van der Waals surface area contributed by atoms with Crippen molar-refractivity contribution in [1.29, 1.82) is 0 Å². The molecule has 0 radical (unpaired) electrons. The van der Waals surface area contributed by atoms with Crippen molar-refractivity contribution < 1.29 is 18.4 Å². The van der Waals surface area contributed by atoms with Gasteiger partial charge >= 0.3 is 0 Å². The monoisotopic (exact) mass is 374 g/mol. The number of carbonyl (C=O) groups excluding carboxylic acids is 2. The first kappa shape index (κ1) is 20.6. The van der Waals surface area contributed by atoms with Crippen molar-refractivity contribution in [2.75, 3.05) is 0 Å². The van der Waals surface area contributed by atoms with Crippen molar-refractivity contribution in [3.63, 3.8) is 0 Å². The van der Waals surface area contributed by atoms with Crippen LogP contribution in [0.25, 0.3) is 0 Å². The second-order valence-electron chi connectivity index (χ2n) is 6.72. The third-order valence-electron chi connectivity index (χ3n) is 4.20. The van der Waals surface area contributed by atoms with Gasteiger partial charge in [-0.15, -0.1) is 0 Å². The van der Waals surface area contributed by atoms with Crippen LogP contribution < -0.4 is 5.32 Å². The van der Waals surface area contributed by atoms with Crippen LogP contribution >= 0.6 is 0 Å². The Hall–Kier alpha value is -2.76. The van der Waals surface area contributed by atoms with Gasteiger partial charge in [-0.25, -0.2) is 8.78 Å². The van der Waals surface area contributed by atoms with Gasteiger partial charge in [0.25, 0.3) is 0 Å². The zero-order valence-corrected chi connectivity index (χ0v) is 15.7. The van der Waals surface area contributed by atoms with Crippen LogP contribution in [-0.4, -0.2) is 28.8 Å². The maximum absolute atomic E-state index is 14.1. The van der Waals surface area contributed by atoms with Crippen LogP contribution in [0, 0.1) is 11.6 Å². The largest absolute Gasteiger partial charge is 0.352 e. The fourth-order valence-electron chi connectivity index (χ4n) is 2.70. The van der Waals surface area contributed by atoms with E-state index in [9.17, 15) is 18.4 Å². The van der Waals surface area contributed by atoms with Crippen molar-refractivity contribution in [3.05, 3.63) is 71.3 Å². The Kier molecular flexibility index (Phi) is 7.05. The minimum Gasteiger partial charge on any atom is -0.352 e. The Morgan fingerprint density at radius 3 is 1.96 bits per heavy atom. The minimum absolute atomic E-state index is 0.0767. The summed E-state index contributed by atoms with van der Waals surface area (Å²) >= 11 is 0. The smallest absolute Gasteiger partial charge is 0.242 e. The van der Waals surface area contributed by atoms with E-state index in [4.69, 9.17) is 0 Å². The Labute approximate surface area is 158 Å². The zero-order valence-electron chi connectivity index (χ0n) is 15.7. The molecule has 1 atom stereocenters. The van der Waals surface area contributed by atoms with Crippen LogP contribution in [-0.2, 0) is 22.6 Å². The molecule has 0 aromatic heterocycles. The molecule has 0 heterocycles. The lowest BCUT2D eigenvalue weighted by molar-refractivity contribution is -0.140. The first-order valence-corrected chi connectivity index (χ1v) is 8.86. The second-order valence-corrected chi connectivity index (χ2v) is 6.72. The summed E-state index contributed by atoms with van der Waals surface area (Å²) in [5, 5.41) is 2.75. The van der Waals surface area contributed by atoms with E-state index in [2.05, 4.69) is 5.32 Å². The van der Waals surface area contributed by atoms with E-state index in [1.54, 1.807) is 37.3 Å². The lowest BCUT2D eigenvalue weighted by atomic mass is 10.1. The summed E-state index contributed by atoms with van der Waals surface area (Å²) in [6.07, 6.45) is -0.208. The quantitative estimate of drug-likeness (QED) is 0.807. The fourth-order valence-corrected chi connectivity index (χ4v) is 2.70. The molecule has 0 aliphatic rings. The SMILES string of the molecule is CC(C)NC(=O)[C@H](C)N(Cc1ccccc1F)C(=O)Cc1ccccc1F. The van der Waals surface area contributed by atoms with Crippen LogP contribution in [0.15, 0.2) is 48.5 Å². The molecular formula is C21H24F2N2O2. The highest BCUT2D eigenvalue weighted by atomic mass is 19.1. The topological polar surface area (TPSA) is 49.4 Å². The molecule has 2 amide bonds. The van der Waals surface area contributed by atoms with Crippen molar-refractivity contribution in [1.82, 2.24) is 10.2 Å². The molecule has 1 N–H and O–H groups in total. The van der Waals surface area contributed by atoms with E-state index >= 15 is 0 Å². The summed E-state index contributed by atoms with van der Waals surface area (Å²) in [5.74, 6) is -1.74. The van der Waals surface area contributed by atoms with E-state index in [0.717, 1.165) is 0 Å². The summed E-state index contributed by atoms with van der Waals surface area (Å²) in [5.41, 5.74) is 0.529. The summed E-state index contributed by atoms with van der Waals surface area (Å²) in [4.78, 5) is 26.6. The Balaban J connectivity index is 2.27. The predicted molar refractivity (Wildman–Crippen MR) is 99.8 cm³/mol. The molecule has 0 saturated heterocycles. The number of nitrogens with one attached hydrogen (secondary N) is 1. The molecule has 0 bridgehead atoms. The van der Waals surface area contributed by atoms with E-state index in [-0.39, 0.29) is 30.5 Å². The third kappa shape index (κ3) is 5.61. The molecule has 2 aromatic rings. The second kappa shape index (κ2) is 9.26. The van der Waals surface area contributed by atoms with Crippen molar-refractivity contribution >= 4 is 11.8 Å². The Morgan fingerprint density at radius 2 is 1.44 bits per heavy atom. The average Bonchev–Trinajstić information content (AvgIpc) is 2.61.